The Morgan fingerprint density at radius 1 is 1.45 bits per heavy atom. The molecule has 3 aliphatic rings. The summed E-state index contributed by atoms with van der Waals surface area (Å²) in [5.74, 6) is -0.00578. The zero-order valence-corrected chi connectivity index (χ0v) is 13.3. The fourth-order valence-corrected chi connectivity index (χ4v) is 3.61. The Labute approximate surface area is 129 Å². The van der Waals surface area contributed by atoms with Crippen molar-refractivity contribution in [3.63, 3.8) is 0 Å². The number of hydrogen-bond acceptors (Lipinski definition) is 4. The lowest BCUT2D eigenvalue weighted by Crippen LogP contribution is -2.46. The van der Waals surface area contributed by atoms with Crippen molar-refractivity contribution in [2.45, 2.75) is 63.8 Å². The maximum absolute atomic E-state index is 12.5. The number of ether oxygens (including phenoxy) is 1. The van der Waals surface area contributed by atoms with Crippen molar-refractivity contribution in [2.75, 3.05) is 6.54 Å². The average molecular weight is 309 g/mol. The minimum absolute atomic E-state index is 0.00578. The summed E-state index contributed by atoms with van der Waals surface area (Å²) in [5, 5.41) is 5.72. The fraction of sp³-hybridized carbons (Fsp3) is 0.800. The second kappa shape index (κ2) is 4.60. The lowest BCUT2D eigenvalue weighted by atomic mass is 9.82. The molecule has 2 aliphatic heterocycles. The molecular formula is C15H23N3O4. The van der Waals surface area contributed by atoms with Crippen molar-refractivity contribution in [3.8, 4) is 0 Å². The van der Waals surface area contributed by atoms with Crippen LogP contribution in [0.25, 0.3) is 0 Å². The number of nitrogens with zero attached hydrogens (tertiary/aromatic N) is 1. The van der Waals surface area contributed by atoms with Gasteiger partial charge in [0.25, 0.3) is 0 Å². The molecule has 7 nitrogen and oxygen atoms in total. The molecule has 3 amide bonds. The summed E-state index contributed by atoms with van der Waals surface area (Å²) in [4.78, 5) is 37.2. The highest BCUT2D eigenvalue weighted by Crippen LogP contribution is 2.54. The Morgan fingerprint density at radius 2 is 2.14 bits per heavy atom. The van der Waals surface area contributed by atoms with Crippen molar-refractivity contribution in [1.29, 1.82) is 0 Å². The van der Waals surface area contributed by atoms with E-state index >= 15 is 0 Å². The van der Waals surface area contributed by atoms with Crippen LogP contribution in [0.4, 0.5) is 4.79 Å². The topological polar surface area (TPSA) is 87.7 Å². The summed E-state index contributed by atoms with van der Waals surface area (Å²) in [6.45, 7) is 5.67. The first kappa shape index (κ1) is 15.1. The number of carbonyl (C=O) groups excluding carboxylic acids is 3. The predicted octanol–water partition coefficient (Wildman–Crippen LogP) is 0.738. The summed E-state index contributed by atoms with van der Waals surface area (Å²) in [6, 6.07) is 0. The maximum Gasteiger partial charge on any atom is 0.411 e. The van der Waals surface area contributed by atoms with Gasteiger partial charge in [-0.3, -0.25) is 14.5 Å². The molecule has 122 valence electrons. The van der Waals surface area contributed by atoms with Gasteiger partial charge in [-0.1, -0.05) is 0 Å². The molecule has 7 heteroatoms. The standard InChI is InChI=1S/C15H23N3O4/c1-13(2,3)22-12(21)18-8-14(6-10(18)16-9-19)7-15(4-5-15)17-11(14)20/h9-10H,4-8H2,1-3H3,(H,16,19)(H,17,20)/t10-,14+/m0/s1. The van der Waals surface area contributed by atoms with Gasteiger partial charge in [-0.15, -0.1) is 0 Å². The van der Waals surface area contributed by atoms with Crippen molar-refractivity contribution < 1.29 is 19.1 Å². The molecule has 1 aliphatic carbocycles. The molecule has 3 rings (SSSR count). The Balaban J connectivity index is 1.79. The van der Waals surface area contributed by atoms with Crippen molar-refractivity contribution in [2.24, 2.45) is 5.41 Å². The number of amides is 3. The van der Waals surface area contributed by atoms with E-state index in [0.717, 1.165) is 19.3 Å². The summed E-state index contributed by atoms with van der Waals surface area (Å²) in [6.07, 6.45) is 2.76. The molecule has 1 saturated carbocycles. The third-order valence-electron chi connectivity index (χ3n) is 4.71. The van der Waals surface area contributed by atoms with E-state index in [2.05, 4.69) is 10.6 Å². The minimum Gasteiger partial charge on any atom is -0.444 e. The molecule has 2 heterocycles. The van der Waals surface area contributed by atoms with E-state index in [0.29, 0.717) is 19.4 Å². The van der Waals surface area contributed by atoms with Crippen LogP contribution in [0.15, 0.2) is 0 Å². The third-order valence-corrected chi connectivity index (χ3v) is 4.71. The van der Waals surface area contributed by atoms with E-state index in [1.165, 1.54) is 4.90 Å². The first-order chi connectivity index (χ1) is 10.2. The number of nitrogens with one attached hydrogen (secondary N) is 2. The average Bonchev–Trinajstić information content (AvgIpc) is 2.91. The van der Waals surface area contributed by atoms with Crippen LogP contribution in [-0.4, -0.2) is 47.2 Å². The van der Waals surface area contributed by atoms with Gasteiger partial charge >= 0.3 is 6.09 Å². The molecule has 3 fully saturated rings. The Hall–Kier alpha value is -1.79. The molecule has 0 bridgehead atoms. The van der Waals surface area contributed by atoms with Crippen LogP contribution in [-0.2, 0) is 14.3 Å². The SMILES string of the molecule is CC(C)(C)OC(=O)N1C[C@@]2(C[C@H]1NC=O)CC1(CC1)NC2=O. The van der Waals surface area contributed by atoms with Gasteiger partial charge in [0.15, 0.2) is 0 Å². The molecular weight excluding hydrogens is 286 g/mol. The first-order valence-corrected chi connectivity index (χ1v) is 7.71. The van der Waals surface area contributed by atoms with E-state index in [4.69, 9.17) is 4.74 Å². The van der Waals surface area contributed by atoms with Crippen LogP contribution >= 0.6 is 0 Å². The van der Waals surface area contributed by atoms with Crippen molar-refractivity contribution >= 4 is 18.4 Å². The summed E-state index contributed by atoms with van der Waals surface area (Å²) >= 11 is 0. The molecule has 0 aromatic heterocycles. The molecule has 0 unspecified atom stereocenters. The Morgan fingerprint density at radius 3 is 2.64 bits per heavy atom. The number of likely N-dealkylation sites (tertiary alicyclic amines) is 1. The highest BCUT2D eigenvalue weighted by atomic mass is 16.6. The Bertz CT molecular complexity index is 523. The predicted molar refractivity (Wildman–Crippen MR) is 77.7 cm³/mol. The monoisotopic (exact) mass is 309 g/mol. The van der Waals surface area contributed by atoms with Crippen molar-refractivity contribution in [1.82, 2.24) is 15.5 Å². The lowest BCUT2D eigenvalue weighted by Gasteiger charge is -2.28. The molecule has 0 aromatic rings. The molecule has 2 atom stereocenters. The summed E-state index contributed by atoms with van der Waals surface area (Å²) in [7, 11) is 0. The fourth-order valence-electron chi connectivity index (χ4n) is 3.61. The van der Waals surface area contributed by atoms with Gasteiger partial charge in [-0.25, -0.2) is 4.79 Å². The highest BCUT2D eigenvalue weighted by Gasteiger charge is 2.64. The zero-order chi connectivity index (χ0) is 16.2. The van der Waals surface area contributed by atoms with Gasteiger partial charge in [0, 0.05) is 18.5 Å². The van der Waals surface area contributed by atoms with E-state index in [1.807, 2.05) is 0 Å². The minimum atomic E-state index is -0.617. The summed E-state index contributed by atoms with van der Waals surface area (Å²) in [5.41, 5.74) is -1.28. The molecule has 0 aromatic carbocycles. The zero-order valence-electron chi connectivity index (χ0n) is 13.3. The smallest absolute Gasteiger partial charge is 0.411 e. The largest absolute Gasteiger partial charge is 0.444 e. The second-order valence-electron chi connectivity index (χ2n) is 7.80. The Kier molecular flexibility index (Phi) is 3.16. The number of carbonyl (C=O) groups is 3. The van der Waals surface area contributed by atoms with Crippen LogP contribution in [0, 0.1) is 5.41 Å². The molecule has 2 N–H and O–H groups in total. The number of rotatable bonds is 2. The summed E-state index contributed by atoms with van der Waals surface area (Å²) < 4.78 is 5.40. The number of hydrogen-bond donors (Lipinski definition) is 2. The van der Waals surface area contributed by atoms with Crippen molar-refractivity contribution in [3.05, 3.63) is 0 Å². The highest BCUT2D eigenvalue weighted by molar-refractivity contribution is 5.88. The van der Waals surface area contributed by atoms with Crippen LogP contribution in [0.2, 0.25) is 0 Å². The van der Waals surface area contributed by atoms with Gasteiger partial charge in [0.1, 0.15) is 11.8 Å². The van der Waals surface area contributed by atoms with Crippen LogP contribution in [0.3, 0.4) is 0 Å². The van der Waals surface area contributed by atoms with Gasteiger partial charge < -0.3 is 15.4 Å². The van der Waals surface area contributed by atoms with Gasteiger partial charge in [-0.05, 0) is 40.0 Å². The third kappa shape index (κ3) is 2.53. The van der Waals surface area contributed by atoms with E-state index in [-0.39, 0.29) is 11.4 Å². The second-order valence-corrected chi connectivity index (χ2v) is 7.80. The van der Waals surface area contributed by atoms with E-state index in [1.54, 1.807) is 20.8 Å². The van der Waals surface area contributed by atoms with Gasteiger partial charge in [-0.2, -0.15) is 0 Å². The molecule has 2 saturated heterocycles. The molecule has 22 heavy (non-hydrogen) atoms. The van der Waals surface area contributed by atoms with Crippen LogP contribution in [0.5, 0.6) is 0 Å². The van der Waals surface area contributed by atoms with E-state index in [9.17, 15) is 14.4 Å². The van der Waals surface area contributed by atoms with Gasteiger partial charge in [0.2, 0.25) is 12.3 Å². The quantitative estimate of drug-likeness (QED) is 0.736. The van der Waals surface area contributed by atoms with Gasteiger partial charge in [0.05, 0.1) is 5.41 Å². The lowest BCUT2D eigenvalue weighted by molar-refractivity contribution is -0.127. The molecule has 0 radical (unpaired) electrons. The van der Waals surface area contributed by atoms with Crippen LogP contribution in [0.1, 0.15) is 46.5 Å². The van der Waals surface area contributed by atoms with Crippen LogP contribution < -0.4 is 10.6 Å². The first-order valence-electron chi connectivity index (χ1n) is 7.71. The molecule has 2 spiro atoms. The normalized spacial score (nSPS) is 32.2. The maximum atomic E-state index is 12.5. The van der Waals surface area contributed by atoms with E-state index < -0.39 is 23.3 Å².